The fraction of sp³-hybridized carbons (Fsp3) is 0.818. The smallest absolute Gasteiger partial charge is 0.151 e. The summed E-state index contributed by atoms with van der Waals surface area (Å²) in [6, 6.07) is 0. The van der Waals surface area contributed by atoms with Gasteiger partial charge < -0.3 is 5.11 Å². The third-order valence-corrected chi connectivity index (χ3v) is 4.61. The molecule has 3 heterocycles. The molecular weight excluding hydrogens is 222 g/mol. The van der Waals surface area contributed by atoms with Gasteiger partial charge in [-0.2, -0.15) is 16.9 Å². The van der Waals surface area contributed by atoms with Gasteiger partial charge in [0.1, 0.15) is 5.82 Å². The summed E-state index contributed by atoms with van der Waals surface area (Å²) in [7, 11) is 0. The van der Waals surface area contributed by atoms with Crippen LogP contribution in [0.25, 0.3) is 0 Å². The van der Waals surface area contributed by atoms with E-state index in [-0.39, 0.29) is 6.10 Å². The molecule has 16 heavy (non-hydrogen) atoms. The molecule has 0 bridgehead atoms. The summed E-state index contributed by atoms with van der Waals surface area (Å²) in [6.07, 6.45) is 3.59. The monoisotopic (exact) mass is 239 g/mol. The molecule has 1 saturated heterocycles. The number of aromatic nitrogens is 3. The van der Waals surface area contributed by atoms with Crippen molar-refractivity contribution in [2.45, 2.75) is 38.3 Å². The lowest BCUT2D eigenvalue weighted by molar-refractivity contribution is 0.138. The zero-order chi connectivity index (χ0) is 11.0. The van der Waals surface area contributed by atoms with Gasteiger partial charge in [-0.25, -0.2) is 9.67 Å². The van der Waals surface area contributed by atoms with Crippen LogP contribution in [0.5, 0.6) is 0 Å². The number of hydrogen-bond donors (Lipinski definition) is 1. The van der Waals surface area contributed by atoms with E-state index in [1.807, 2.05) is 16.4 Å². The first-order valence-electron chi connectivity index (χ1n) is 5.99. The highest BCUT2D eigenvalue weighted by atomic mass is 32.2. The van der Waals surface area contributed by atoms with Gasteiger partial charge in [-0.05, 0) is 30.3 Å². The van der Waals surface area contributed by atoms with Crippen molar-refractivity contribution in [1.29, 1.82) is 0 Å². The molecule has 4 nitrogen and oxygen atoms in total. The van der Waals surface area contributed by atoms with E-state index in [2.05, 4.69) is 10.1 Å². The van der Waals surface area contributed by atoms with E-state index in [4.69, 9.17) is 0 Å². The minimum atomic E-state index is -0.216. The standard InChI is InChI=1S/C11H17N3OS/c15-9-1-3-14-11(6-9)12-10(13-14)5-8-2-4-16-7-8/h8-9,15H,1-7H2. The molecule has 5 heteroatoms. The summed E-state index contributed by atoms with van der Waals surface area (Å²) in [5.74, 6) is 5.26. The average Bonchev–Trinajstić information content (AvgIpc) is 2.86. The Labute approximate surface area is 99.4 Å². The summed E-state index contributed by atoms with van der Waals surface area (Å²) >= 11 is 2.03. The second-order valence-electron chi connectivity index (χ2n) is 4.75. The van der Waals surface area contributed by atoms with Gasteiger partial charge in [0.05, 0.1) is 6.10 Å². The molecule has 2 aliphatic heterocycles. The Bertz CT molecular complexity index is 373. The number of fused-ring (bicyclic) bond motifs is 1. The Morgan fingerprint density at radius 1 is 1.44 bits per heavy atom. The fourth-order valence-electron chi connectivity index (χ4n) is 2.43. The summed E-state index contributed by atoms with van der Waals surface area (Å²) < 4.78 is 1.98. The molecule has 2 unspecified atom stereocenters. The summed E-state index contributed by atoms with van der Waals surface area (Å²) in [4.78, 5) is 4.55. The Balaban J connectivity index is 1.71. The third-order valence-electron chi connectivity index (χ3n) is 3.38. The Morgan fingerprint density at radius 3 is 3.19 bits per heavy atom. The molecule has 0 radical (unpaired) electrons. The van der Waals surface area contributed by atoms with Crippen molar-refractivity contribution >= 4 is 11.8 Å². The lowest BCUT2D eigenvalue weighted by atomic mass is 10.1. The number of hydrogen-bond acceptors (Lipinski definition) is 4. The molecule has 1 aromatic rings. The maximum Gasteiger partial charge on any atom is 0.151 e. The molecule has 1 N–H and O–H groups in total. The van der Waals surface area contributed by atoms with E-state index < -0.39 is 0 Å². The second kappa shape index (κ2) is 4.37. The van der Waals surface area contributed by atoms with E-state index in [1.165, 1.54) is 17.9 Å². The molecule has 0 saturated carbocycles. The number of rotatable bonds is 2. The van der Waals surface area contributed by atoms with Crippen molar-refractivity contribution in [3.8, 4) is 0 Å². The number of thioether (sulfide) groups is 1. The lowest BCUT2D eigenvalue weighted by Crippen LogP contribution is -2.23. The SMILES string of the molecule is OC1CCn2nc(CC3CCSC3)nc2C1. The summed E-state index contributed by atoms with van der Waals surface area (Å²) in [5.41, 5.74) is 0. The number of aliphatic hydroxyl groups excluding tert-OH is 1. The van der Waals surface area contributed by atoms with E-state index >= 15 is 0 Å². The van der Waals surface area contributed by atoms with Crippen molar-refractivity contribution in [1.82, 2.24) is 14.8 Å². The van der Waals surface area contributed by atoms with E-state index in [9.17, 15) is 5.11 Å². The maximum absolute atomic E-state index is 9.56. The Morgan fingerprint density at radius 2 is 2.38 bits per heavy atom. The summed E-state index contributed by atoms with van der Waals surface area (Å²) in [5, 5.41) is 14.1. The molecular formula is C11H17N3OS. The minimum Gasteiger partial charge on any atom is -0.393 e. The average molecular weight is 239 g/mol. The van der Waals surface area contributed by atoms with Crippen molar-refractivity contribution in [3.63, 3.8) is 0 Å². The minimum absolute atomic E-state index is 0.216. The van der Waals surface area contributed by atoms with Gasteiger partial charge in [-0.15, -0.1) is 0 Å². The Hall–Kier alpha value is -0.550. The predicted octanol–water partition coefficient (Wildman–Crippen LogP) is 0.881. The molecule has 1 fully saturated rings. The molecule has 2 aliphatic rings. The van der Waals surface area contributed by atoms with Gasteiger partial charge in [0.15, 0.2) is 5.82 Å². The van der Waals surface area contributed by atoms with Crippen LogP contribution >= 0.6 is 11.8 Å². The van der Waals surface area contributed by atoms with Crippen LogP contribution in [0.4, 0.5) is 0 Å². The van der Waals surface area contributed by atoms with Crippen LogP contribution in [0, 0.1) is 5.92 Å². The van der Waals surface area contributed by atoms with Gasteiger partial charge in [-0.1, -0.05) is 0 Å². The van der Waals surface area contributed by atoms with Crippen LogP contribution in [0.15, 0.2) is 0 Å². The van der Waals surface area contributed by atoms with Crippen molar-refractivity contribution in [3.05, 3.63) is 11.6 Å². The van der Waals surface area contributed by atoms with Crippen LogP contribution in [0.3, 0.4) is 0 Å². The quantitative estimate of drug-likeness (QED) is 0.832. The van der Waals surface area contributed by atoms with E-state index in [0.717, 1.165) is 37.0 Å². The highest BCUT2D eigenvalue weighted by Gasteiger charge is 2.22. The first-order chi connectivity index (χ1) is 7.81. The third kappa shape index (κ3) is 2.11. The van der Waals surface area contributed by atoms with Crippen LogP contribution < -0.4 is 0 Å². The number of nitrogens with zero attached hydrogens (tertiary/aromatic N) is 3. The molecule has 3 rings (SSSR count). The molecule has 2 atom stereocenters. The first-order valence-corrected chi connectivity index (χ1v) is 7.15. The highest BCUT2D eigenvalue weighted by Crippen LogP contribution is 2.26. The summed E-state index contributed by atoms with van der Waals surface area (Å²) in [6.45, 7) is 0.822. The zero-order valence-electron chi connectivity index (χ0n) is 9.30. The van der Waals surface area contributed by atoms with Crippen molar-refractivity contribution in [2.75, 3.05) is 11.5 Å². The molecule has 0 aromatic carbocycles. The van der Waals surface area contributed by atoms with Gasteiger partial charge in [-0.3, -0.25) is 0 Å². The van der Waals surface area contributed by atoms with E-state index in [0.29, 0.717) is 6.42 Å². The van der Waals surface area contributed by atoms with Gasteiger partial charge in [0.2, 0.25) is 0 Å². The highest BCUT2D eigenvalue weighted by molar-refractivity contribution is 7.99. The zero-order valence-corrected chi connectivity index (χ0v) is 10.1. The van der Waals surface area contributed by atoms with Gasteiger partial charge in [0, 0.05) is 19.4 Å². The maximum atomic E-state index is 9.56. The molecule has 88 valence electrons. The normalized spacial score (nSPS) is 29.3. The van der Waals surface area contributed by atoms with Crippen LogP contribution in [0.2, 0.25) is 0 Å². The molecule has 0 spiro atoms. The van der Waals surface area contributed by atoms with Gasteiger partial charge in [0.25, 0.3) is 0 Å². The van der Waals surface area contributed by atoms with Gasteiger partial charge >= 0.3 is 0 Å². The molecule has 0 aliphatic carbocycles. The van der Waals surface area contributed by atoms with Crippen LogP contribution in [-0.4, -0.2) is 37.5 Å². The largest absolute Gasteiger partial charge is 0.393 e. The van der Waals surface area contributed by atoms with Crippen molar-refractivity contribution in [2.24, 2.45) is 5.92 Å². The number of aryl methyl sites for hydroxylation is 1. The molecule has 0 amide bonds. The fourth-order valence-corrected chi connectivity index (χ4v) is 3.71. The van der Waals surface area contributed by atoms with Crippen LogP contribution in [-0.2, 0) is 19.4 Å². The predicted molar refractivity (Wildman–Crippen MR) is 63.5 cm³/mol. The Kier molecular flexibility index (Phi) is 2.90. The molecule has 1 aromatic heterocycles. The number of aliphatic hydroxyl groups is 1. The lowest BCUT2D eigenvalue weighted by Gasteiger charge is -2.16. The van der Waals surface area contributed by atoms with Crippen LogP contribution in [0.1, 0.15) is 24.5 Å². The van der Waals surface area contributed by atoms with Crippen molar-refractivity contribution < 1.29 is 5.11 Å². The van der Waals surface area contributed by atoms with E-state index in [1.54, 1.807) is 0 Å². The topological polar surface area (TPSA) is 50.9 Å². The first kappa shape index (κ1) is 10.6. The second-order valence-corrected chi connectivity index (χ2v) is 5.90.